The molecule has 11 nitrogen and oxygen atoms in total. The molecule has 3 heterocycles. The number of rotatable bonds is 9. The standard InChI is InChI=1S/C31H41N5O6S/c1-18-25(43-17-33-18)20-7-5-19(6-8-20)12-32-27(39)23-9-22(37)13-36(23)28(40)26(30(2,3)4)34-24(38)14-35-15-31(16-35)10-21(11-31)29(41)42/h5-8,17,21-23,26,37H,9-16H2,1-4H3,(H,32,39)(H,34,38)(H,41,42)/t22-,23+,26?/m1/s1. The van der Waals surface area contributed by atoms with Gasteiger partial charge in [0.25, 0.3) is 0 Å². The van der Waals surface area contributed by atoms with E-state index in [1.807, 2.05) is 62.4 Å². The van der Waals surface area contributed by atoms with Crippen LogP contribution < -0.4 is 10.6 Å². The summed E-state index contributed by atoms with van der Waals surface area (Å²) in [6.45, 7) is 9.29. The Morgan fingerprint density at radius 2 is 1.81 bits per heavy atom. The monoisotopic (exact) mass is 611 g/mol. The van der Waals surface area contributed by atoms with Crippen LogP contribution in [0.1, 0.15) is 51.3 Å². The molecule has 1 unspecified atom stereocenters. The van der Waals surface area contributed by atoms with E-state index >= 15 is 0 Å². The Morgan fingerprint density at radius 1 is 1.14 bits per heavy atom. The number of benzene rings is 1. The van der Waals surface area contributed by atoms with E-state index in [1.165, 1.54) is 4.90 Å². The molecule has 3 aliphatic rings. The van der Waals surface area contributed by atoms with Crippen LogP contribution in [0, 0.1) is 23.7 Å². The van der Waals surface area contributed by atoms with Crippen molar-refractivity contribution in [2.75, 3.05) is 26.2 Å². The average molecular weight is 612 g/mol. The normalized spacial score (nSPS) is 22.5. The summed E-state index contributed by atoms with van der Waals surface area (Å²) in [4.78, 5) is 60.0. The van der Waals surface area contributed by atoms with Crippen molar-refractivity contribution in [1.82, 2.24) is 25.4 Å². The minimum Gasteiger partial charge on any atom is -0.481 e. The lowest BCUT2D eigenvalue weighted by Gasteiger charge is -2.58. The lowest BCUT2D eigenvalue weighted by atomic mass is 9.58. The highest BCUT2D eigenvalue weighted by Crippen LogP contribution is 2.51. The third-order valence-corrected chi connectivity index (χ3v) is 9.88. The third-order valence-electron chi connectivity index (χ3n) is 8.90. The molecule has 232 valence electrons. The van der Waals surface area contributed by atoms with Gasteiger partial charge in [0.1, 0.15) is 12.1 Å². The Balaban J connectivity index is 1.16. The van der Waals surface area contributed by atoms with Gasteiger partial charge in [-0.3, -0.25) is 24.1 Å². The number of carbonyl (C=O) groups excluding carboxylic acids is 3. The molecule has 5 rings (SSSR count). The summed E-state index contributed by atoms with van der Waals surface area (Å²) >= 11 is 1.58. The van der Waals surface area contributed by atoms with Crippen molar-refractivity contribution in [3.05, 3.63) is 41.0 Å². The summed E-state index contributed by atoms with van der Waals surface area (Å²) in [5, 5.41) is 25.4. The topological polar surface area (TPSA) is 152 Å². The van der Waals surface area contributed by atoms with Crippen LogP contribution in [-0.4, -0.2) is 93.1 Å². The summed E-state index contributed by atoms with van der Waals surface area (Å²) in [6, 6.07) is 6.14. The van der Waals surface area contributed by atoms with Crippen molar-refractivity contribution >= 4 is 35.0 Å². The summed E-state index contributed by atoms with van der Waals surface area (Å²) in [5.41, 5.74) is 4.11. The zero-order valence-electron chi connectivity index (χ0n) is 25.1. The second kappa shape index (κ2) is 12.0. The fraction of sp³-hybridized carbons (Fsp3) is 0.581. The first-order chi connectivity index (χ1) is 20.2. The van der Waals surface area contributed by atoms with Crippen molar-refractivity contribution in [1.29, 1.82) is 0 Å². The lowest BCUT2D eigenvalue weighted by molar-refractivity contribution is -0.162. The van der Waals surface area contributed by atoms with Gasteiger partial charge < -0.3 is 25.7 Å². The number of carboxylic acid groups (broad SMARTS) is 1. The van der Waals surface area contributed by atoms with E-state index in [1.54, 1.807) is 11.3 Å². The molecule has 2 aliphatic heterocycles. The fourth-order valence-electron chi connectivity index (χ4n) is 6.62. The van der Waals surface area contributed by atoms with Crippen molar-refractivity contribution in [3.8, 4) is 10.4 Å². The number of carbonyl (C=O) groups is 4. The van der Waals surface area contributed by atoms with Crippen LogP contribution >= 0.6 is 11.3 Å². The average Bonchev–Trinajstić information content (AvgIpc) is 3.50. The van der Waals surface area contributed by atoms with Gasteiger partial charge in [-0.1, -0.05) is 45.0 Å². The van der Waals surface area contributed by atoms with E-state index in [2.05, 4.69) is 15.6 Å². The SMILES string of the molecule is Cc1ncsc1-c1ccc(CNC(=O)[C@@H]2C[C@@H](O)CN2C(=O)C(NC(=O)CN2CC3(CC(C(=O)O)C3)C2)C(C)(C)C)cc1. The van der Waals surface area contributed by atoms with Gasteiger partial charge in [0, 0.05) is 32.6 Å². The van der Waals surface area contributed by atoms with Gasteiger partial charge in [0.05, 0.1) is 34.6 Å². The summed E-state index contributed by atoms with van der Waals surface area (Å²) in [5.74, 6) is -2.10. The number of hydrogen-bond acceptors (Lipinski definition) is 8. The number of thiazole rings is 1. The number of aliphatic hydroxyl groups excluding tert-OH is 1. The molecule has 0 bridgehead atoms. The maximum absolute atomic E-state index is 13.8. The number of aryl methyl sites for hydroxylation is 1. The molecule has 0 radical (unpaired) electrons. The van der Waals surface area contributed by atoms with E-state index in [0.717, 1.165) is 21.7 Å². The Labute approximate surface area is 255 Å². The zero-order valence-corrected chi connectivity index (χ0v) is 25.9. The first kappa shape index (κ1) is 31.1. The molecule has 3 amide bonds. The second-order valence-electron chi connectivity index (χ2n) is 13.5. The van der Waals surface area contributed by atoms with E-state index in [0.29, 0.717) is 25.9 Å². The van der Waals surface area contributed by atoms with Crippen molar-refractivity contribution in [2.45, 2.75) is 71.7 Å². The van der Waals surface area contributed by atoms with Crippen LogP contribution in [0.25, 0.3) is 10.4 Å². The van der Waals surface area contributed by atoms with Crippen LogP contribution in [0.3, 0.4) is 0 Å². The van der Waals surface area contributed by atoms with Crippen LogP contribution in [0.15, 0.2) is 29.8 Å². The molecule has 1 aromatic carbocycles. The number of β-amino-alcohol motifs (C(OH)–C–C–N with tert-alkyl or cyclic N) is 1. The Bertz CT molecular complexity index is 1370. The smallest absolute Gasteiger partial charge is 0.306 e. The summed E-state index contributed by atoms with van der Waals surface area (Å²) in [6.07, 6.45) is 0.566. The minimum atomic E-state index is -0.890. The molecule has 43 heavy (non-hydrogen) atoms. The number of nitrogens with zero attached hydrogens (tertiary/aromatic N) is 3. The number of aliphatic carboxylic acids is 1. The molecule has 2 saturated heterocycles. The molecule has 1 aromatic heterocycles. The maximum atomic E-state index is 13.8. The van der Waals surface area contributed by atoms with Crippen molar-refractivity contribution in [3.63, 3.8) is 0 Å². The highest BCUT2D eigenvalue weighted by atomic mass is 32.1. The van der Waals surface area contributed by atoms with E-state index in [9.17, 15) is 24.3 Å². The molecule has 12 heteroatoms. The summed E-state index contributed by atoms with van der Waals surface area (Å²) in [7, 11) is 0. The van der Waals surface area contributed by atoms with Gasteiger partial charge in [-0.15, -0.1) is 11.3 Å². The number of aliphatic hydroxyl groups is 1. The van der Waals surface area contributed by atoms with E-state index in [4.69, 9.17) is 5.11 Å². The van der Waals surface area contributed by atoms with Crippen LogP contribution in [0.2, 0.25) is 0 Å². The first-order valence-corrected chi connectivity index (χ1v) is 15.6. The summed E-state index contributed by atoms with van der Waals surface area (Å²) < 4.78 is 0. The zero-order chi connectivity index (χ0) is 31.1. The molecule has 3 atom stereocenters. The predicted molar refractivity (Wildman–Crippen MR) is 161 cm³/mol. The van der Waals surface area contributed by atoms with Gasteiger partial charge >= 0.3 is 5.97 Å². The van der Waals surface area contributed by atoms with Crippen molar-refractivity contribution in [2.24, 2.45) is 16.7 Å². The predicted octanol–water partition coefficient (Wildman–Crippen LogP) is 2.02. The molecule has 3 fully saturated rings. The lowest BCUT2D eigenvalue weighted by Crippen LogP contribution is -2.65. The highest BCUT2D eigenvalue weighted by Gasteiger charge is 2.54. The first-order valence-electron chi connectivity index (χ1n) is 14.7. The Kier molecular flexibility index (Phi) is 8.65. The molecule has 4 N–H and O–H groups in total. The molecular weight excluding hydrogens is 570 g/mol. The van der Waals surface area contributed by atoms with Crippen molar-refractivity contribution < 1.29 is 29.4 Å². The number of nitrogens with one attached hydrogen (secondary N) is 2. The third kappa shape index (κ3) is 6.76. The Hall–Kier alpha value is -3.35. The number of aromatic nitrogens is 1. The van der Waals surface area contributed by atoms with Crippen LogP contribution in [0.5, 0.6) is 0 Å². The van der Waals surface area contributed by atoms with E-state index in [-0.39, 0.29) is 49.2 Å². The van der Waals surface area contributed by atoms with Crippen LogP contribution in [0.4, 0.5) is 0 Å². The fourth-order valence-corrected chi connectivity index (χ4v) is 7.43. The van der Waals surface area contributed by atoms with Gasteiger partial charge in [-0.05, 0) is 41.7 Å². The molecule has 1 saturated carbocycles. The number of likely N-dealkylation sites (tertiary alicyclic amines) is 2. The minimum absolute atomic E-state index is 0.00249. The van der Waals surface area contributed by atoms with Crippen LogP contribution in [-0.2, 0) is 25.7 Å². The number of amides is 3. The van der Waals surface area contributed by atoms with E-state index < -0.39 is 35.5 Å². The van der Waals surface area contributed by atoms with Gasteiger partial charge in [0.15, 0.2) is 0 Å². The number of carboxylic acids is 1. The Morgan fingerprint density at radius 3 is 2.40 bits per heavy atom. The maximum Gasteiger partial charge on any atom is 0.306 e. The number of hydrogen-bond donors (Lipinski definition) is 4. The highest BCUT2D eigenvalue weighted by molar-refractivity contribution is 7.13. The molecule has 2 aromatic rings. The quantitative estimate of drug-likeness (QED) is 0.336. The van der Waals surface area contributed by atoms with Gasteiger partial charge in [0.2, 0.25) is 17.7 Å². The second-order valence-corrected chi connectivity index (χ2v) is 14.4. The largest absolute Gasteiger partial charge is 0.481 e. The molecule has 1 spiro atoms. The molecule has 1 aliphatic carbocycles. The molecular formula is C31H41N5O6S. The van der Waals surface area contributed by atoms with Gasteiger partial charge in [-0.2, -0.15) is 0 Å². The van der Waals surface area contributed by atoms with Gasteiger partial charge in [-0.25, -0.2) is 4.98 Å².